The highest BCUT2D eigenvalue weighted by atomic mass is 16.5. The van der Waals surface area contributed by atoms with Crippen LogP contribution in [0.4, 0.5) is 11.5 Å². The molecule has 1 aliphatic carbocycles. The van der Waals surface area contributed by atoms with Gasteiger partial charge in [-0.2, -0.15) is 0 Å². The molecule has 2 fully saturated rings. The van der Waals surface area contributed by atoms with Gasteiger partial charge in [0.2, 0.25) is 11.7 Å². The molecule has 9 heteroatoms. The summed E-state index contributed by atoms with van der Waals surface area (Å²) in [5.74, 6) is 2.01. The number of amides is 2. The van der Waals surface area contributed by atoms with Gasteiger partial charge >= 0.3 is 0 Å². The lowest BCUT2D eigenvalue weighted by atomic mass is 10.1. The first-order chi connectivity index (χ1) is 17.9. The molecule has 5 rings (SSSR count). The van der Waals surface area contributed by atoms with Crippen molar-refractivity contribution in [2.45, 2.75) is 45.3 Å². The summed E-state index contributed by atoms with van der Waals surface area (Å²) in [5, 5.41) is 9.02. The summed E-state index contributed by atoms with van der Waals surface area (Å²) in [5.41, 5.74) is 2.11. The van der Waals surface area contributed by atoms with Gasteiger partial charge in [0.05, 0.1) is 19.2 Å². The third kappa shape index (κ3) is 6.61. The number of aromatic nitrogens is 1. The van der Waals surface area contributed by atoms with Crippen LogP contribution in [0.3, 0.4) is 0 Å². The molecule has 2 N–H and O–H groups in total. The smallest absolute Gasteiger partial charge is 0.290 e. The zero-order chi connectivity index (χ0) is 25.8. The van der Waals surface area contributed by atoms with Crippen LogP contribution < -0.4 is 25.0 Å². The van der Waals surface area contributed by atoms with Gasteiger partial charge < -0.3 is 29.5 Å². The van der Waals surface area contributed by atoms with Crippen LogP contribution in [0.15, 0.2) is 59.1 Å². The summed E-state index contributed by atoms with van der Waals surface area (Å²) in [7, 11) is 0. The number of ether oxygens (including phenoxy) is 2. The summed E-state index contributed by atoms with van der Waals surface area (Å²) in [6.07, 6.45) is 3.64. The summed E-state index contributed by atoms with van der Waals surface area (Å²) in [4.78, 5) is 25.9. The number of carbonyl (C=O) groups is 2. The Morgan fingerprint density at radius 3 is 2.51 bits per heavy atom. The molecule has 2 heterocycles. The summed E-state index contributed by atoms with van der Waals surface area (Å²) in [6.45, 7) is 5.84. The Morgan fingerprint density at radius 1 is 1.08 bits per heavy atom. The largest absolute Gasteiger partial charge is 0.493 e. The quantitative estimate of drug-likeness (QED) is 0.417. The molecule has 0 bridgehead atoms. The van der Waals surface area contributed by atoms with E-state index in [-0.39, 0.29) is 29.6 Å². The number of benzene rings is 2. The van der Waals surface area contributed by atoms with Crippen LogP contribution >= 0.6 is 0 Å². The highest BCUT2D eigenvalue weighted by molar-refractivity contribution is 5.94. The molecule has 3 aromatic rings. The molecule has 0 spiro atoms. The van der Waals surface area contributed by atoms with Crippen molar-refractivity contribution in [2.24, 2.45) is 5.92 Å². The molecule has 194 valence electrons. The van der Waals surface area contributed by atoms with Crippen molar-refractivity contribution < 1.29 is 23.6 Å². The van der Waals surface area contributed by atoms with Gasteiger partial charge in [0.15, 0.2) is 5.82 Å². The molecular formula is C28H32N4O5. The highest BCUT2D eigenvalue weighted by Crippen LogP contribution is 2.30. The first-order valence-electron chi connectivity index (χ1n) is 12.7. The second-order valence-corrected chi connectivity index (χ2v) is 9.74. The van der Waals surface area contributed by atoms with Gasteiger partial charge in [0, 0.05) is 31.6 Å². The zero-order valence-electron chi connectivity index (χ0n) is 21.1. The van der Waals surface area contributed by atoms with Crippen LogP contribution in [-0.2, 0) is 4.79 Å². The molecule has 1 saturated carbocycles. The number of anilines is 2. The van der Waals surface area contributed by atoms with Crippen molar-refractivity contribution in [3.63, 3.8) is 0 Å². The minimum Gasteiger partial charge on any atom is -0.493 e. The first-order valence-corrected chi connectivity index (χ1v) is 12.7. The monoisotopic (exact) mass is 504 g/mol. The van der Waals surface area contributed by atoms with Gasteiger partial charge in [0.1, 0.15) is 17.6 Å². The Kier molecular flexibility index (Phi) is 7.30. The minimum absolute atomic E-state index is 0.0294. The molecular weight excluding hydrogens is 472 g/mol. The second-order valence-electron chi connectivity index (χ2n) is 9.74. The fourth-order valence-electron chi connectivity index (χ4n) is 4.31. The summed E-state index contributed by atoms with van der Waals surface area (Å²) < 4.78 is 17.1. The predicted octanol–water partition coefficient (Wildman–Crippen LogP) is 4.57. The molecule has 2 amide bonds. The molecule has 1 unspecified atom stereocenters. The predicted molar refractivity (Wildman–Crippen MR) is 139 cm³/mol. The van der Waals surface area contributed by atoms with Crippen molar-refractivity contribution in [3.8, 4) is 11.5 Å². The second kappa shape index (κ2) is 10.9. The van der Waals surface area contributed by atoms with Crippen LogP contribution in [0.2, 0.25) is 0 Å². The Bertz CT molecular complexity index is 1220. The Hall–Kier alpha value is -4.01. The van der Waals surface area contributed by atoms with Crippen molar-refractivity contribution in [3.05, 3.63) is 65.9 Å². The van der Waals surface area contributed by atoms with Gasteiger partial charge in [-0.15, -0.1) is 0 Å². The standard InChI is InChI=1S/C28H32N4O5/c1-18(29-28(34)26-15-27(31-37-26)30-19(2)33)21-5-9-24(10-6-21)36-25-13-14-32(16-25)22-7-11-23(12-8-22)35-17-20-3-4-20/h5-12,15,18,20,25H,3-4,13-14,16-17H2,1-2H3,(H,29,34)(H,30,31,33)/t18-,25?/m0/s1. The van der Waals surface area contributed by atoms with Crippen LogP contribution in [0, 0.1) is 5.92 Å². The third-order valence-electron chi connectivity index (χ3n) is 6.60. The van der Waals surface area contributed by atoms with Gasteiger partial charge in [0.25, 0.3) is 5.91 Å². The maximum absolute atomic E-state index is 12.5. The molecule has 2 atom stereocenters. The molecule has 37 heavy (non-hydrogen) atoms. The number of rotatable bonds is 10. The van der Waals surface area contributed by atoms with Gasteiger partial charge in [-0.1, -0.05) is 17.3 Å². The van der Waals surface area contributed by atoms with Crippen molar-refractivity contribution in [1.29, 1.82) is 0 Å². The van der Waals surface area contributed by atoms with E-state index in [1.807, 2.05) is 31.2 Å². The molecule has 1 aromatic heterocycles. The average molecular weight is 505 g/mol. The normalized spacial score (nSPS) is 17.8. The van der Waals surface area contributed by atoms with Crippen molar-refractivity contribution in [2.75, 3.05) is 29.9 Å². The van der Waals surface area contributed by atoms with Crippen LogP contribution in [-0.4, -0.2) is 42.8 Å². The Labute approximate surface area is 216 Å². The van der Waals surface area contributed by atoms with E-state index < -0.39 is 5.91 Å². The zero-order valence-corrected chi connectivity index (χ0v) is 21.1. The lowest BCUT2D eigenvalue weighted by Crippen LogP contribution is -2.26. The maximum atomic E-state index is 12.5. The SMILES string of the molecule is CC(=O)Nc1cc(C(=O)N[C@@H](C)c2ccc(OC3CCN(c4ccc(OCC5CC5)cc4)C3)cc2)on1. The van der Waals surface area contributed by atoms with E-state index in [0.29, 0.717) is 0 Å². The number of nitrogens with one attached hydrogen (secondary N) is 2. The van der Waals surface area contributed by atoms with E-state index in [0.717, 1.165) is 49.1 Å². The van der Waals surface area contributed by atoms with Crippen molar-refractivity contribution >= 4 is 23.3 Å². The third-order valence-corrected chi connectivity index (χ3v) is 6.60. The van der Waals surface area contributed by atoms with Crippen molar-refractivity contribution in [1.82, 2.24) is 10.5 Å². The van der Waals surface area contributed by atoms with Crippen LogP contribution in [0.25, 0.3) is 0 Å². The van der Waals surface area contributed by atoms with E-state index in [4.69, 9.17) is 14.0 Å². The maximum Gasteiger partial charge on any atom is 0.290 e. The van der Waals surface area contributed by atoms with E-state index in [1.54, 1.807) is 0 Å². The fourth-order valence-corrected chi connectivity index (χ4v) is 4.31. The van der Waals surface area contributed by atoms with E-state index in [9.17, 15) is 9.59 Å². The molecule has 0 radical (unpaired) electrons. The lowest BCUT2D eigenvalue weighted by molar-refractivity contribution is -0.114. The van der Waals surface area contributed by atoms with E-state index in [1.165, 1.54) is 31.5 Å². The summed E-state index contributed by atoms with van der Waals surface area (Å²) >= 11 is 0. The molecule has 1 aliphatic heterocycles. The van der Waals surface area contributed by atoms with Crippen LogP contribution in [0.1, 0.15) is 55.3 Å². The van der Waals surface area contributed by atoms with Gasteiger partial charge in [-0.05, 0) is 67.6 Å². The first kappa shape index (κ1) is 24.7. The topological polar surface area (TPSA) is 106 Å². The van der Waals surface area contributed by atoms with Crippen LogP contribution in [0.5, 0.6) is 11.5 Å². The lowest BCUT2D eigenvalue weighted by Gasteiger charge is -2.20. The number of nitrogens with zero attached hydrogens (tertiary/aromatic N) is 2. The highest BCUT2D eigenvalue weighted by Gasteiger charge is 2.25. The average Bonchev–Trinajstić information content (AvgIpc) is 3.41. The van der Waals surface area contributed by atoms with E-state index in [2.05, 4.69) is 45.0 Å². The molecule has 9 nitrogen and oxygen atoms in total. The molecule has 2 aliphatic rings. The molecule has 1 saturated heterocycles. The van der Waals surface area contributed by atoms with Gasteiger partial charge in [-0.3, -0.25) is 9.59 Å². The number of hydrogen-bond acceptors (Lipinski definition) is 7. The fraction of sp³-hybridized carbons (Fsp3) is 0.393. The minimum atomic E-state index is -0.412. The number of hydrogen-bond donors (Lipinski definition) is 2. The Morgan fingerprint density at radius 2 is 1.81 bits per heavy atom. The Balaban J connectivity index is 1.09. The number of carbonyl (C=O) groups excluding carboxylic acids is 2. The molecule has 2 aromatic carbocycles. The van der Waals surface area contributed by atoms with E-state index >= 15 is 0 Å². The summed E-state index contributed by atoms with van der Waals surface area (Å²) in [6, 6.07) is 17.2. The van der Waals surface area contributed by atoms with Gasteiger partial charge in [-0.25, -0.2) is 0 Å².